The number of aryl methyl sites for hydroxylation is 2. The van der Waals surface area contributed by atoms with Crippen LogP contribution in [0, 0.1) is 6.92 Å². The third-order valence-corrected chi connectivity index (χ3v) is 4.38. The van der Waals surface area contributed by atoms with Gasteiger partial charge in [0.2, 0.25) is 0 Å². The average Bonchev–Trinajstić information content (AvgIpc) is 2.77. The Hall–Kier alpha value is -2.44. The second kappa shape index (κ2) is 6.98. The van der Waals surface area contributed by atoms with Gasteiger partial charge in [-0.1, -0.05) is 12.8 Å². The maximum absolute atomic E-state index is 12.2. The predicted octanol–water partition coefficient (Wildman–Crippen LogP) is 1.84. The summed E-state index contributed by atoms with van der Waals surface area (Å²) in [4.78, 5) is 30.4. The summed E-state index contributed by atoms with van der Waals surface area (Å²) in [5.74, 6) is -0.660. The molecule has 2 aromatic rings. The molecule has 3 heterocycles. The van der Waals surface area contributed by atoms with E-state index in [9.17, 15) is 9.59 Å². The number of amides is 1. The minimum atomic E-state index is -0.532. The Bertz CT molecular complexity index is 761. The van der Waals surface area contributed by atoms with Crippen LogP contribution in [0.4, 0.5) is 0 Å². The summed E-state index contributed by atoms with van der Waals surface area (Å²) in [7, 11) is 1.81. The second-order valence-corrected chi connectivity index (χ2v) is 6.18. The fourth-order valence-corrected chi connectivity index (χ4v) is 3.04. The van der Waals surface area contributed by atoms with Crippen LogP contribution >= 0.6 is 0 Å². The van der Waals surface area contributed by atoms with E-state index in [4.69, 9.17) is 4.74 Å². The van der Waals surface area contributed by atoms with Crippen molar-refractivity contribution in [1.82, 2.24) is 19.7 Å². The topological polar surface area (TPSA) is 77.3 Å². The van der Waals surface area contributed by atoms with Gasteiger partial charge in [-0.3, -0.25) is 9.48 Å². The summed E-state index contributed by atoms with van der Waals surface area (Å²) in [6, 6.07) is 1.71. The monoisotopic (exact) mass is 330 g/mol. The number of hydrogen-bond acceptors (Lipinski definition) is 5. The zero-order valence-corrected chi connectivity index (χ0v) is 14.1. The Morgan fingerprint density at radius 2 is 1.92 bits per heavy atom. The van der Waals surface area contributed by atoms with E-state index in [1.165, 1.54) is 6.20 Å². The molecule has 0 N–H and O–H groups in total. The predicted molar refractivity (Wildman–Crippen MR) is 88.6 cm³/mol. The minimum absolute atomic E-state index is 0.128. The van der Waals surface area contributed by atoms with Crippen LogP contribution in [-0.4, -0.2) is 51.2 Å². The molecule has 2 aromatic heterocycles. The van der Waals surface area contributed by atoms with Crippen molar-refractivity contribution in [1.29, 1.82) is 0 Å². The number of carbonyl (C=O) groups excluding carboxylic acids is 2. The number of rotatable bonds is 3. The lowest BCUT2D eigenvalue weighted by Gasteiger charge is -2.19. The number of hydrogen-bond donors (Lipinski definition) is 0. The number of nitrogens with zero attached hydrogens (tertiary/aromatic N) is 4. The zero-order valence-electron chi connectivity index (χ0n) is 14.1. The summed E-state index contributed by atoms with van der Waals surface area (Å²) < 4.78 is 6.85. The van der Waals surface area contributed by atoms with Crippen molar-refractivity contribution in [3.8, 4) is 0 Å². The summed E-state index contributed by atoms with van der Waals surface area (Å²) in [5.41, 5.74) is 1.85. The highest BCUT2D eigenvalue weighted by Crippen LogP contribution is 2.17. The van der Waals surface area contributed by atoms with Crippen LogP contribution in [0.5, 0.6) is 0 Å². The van der Waals surface area contributed by atoms with Crippen LogP contribution in [0.3, 0.4) is 0 Å². The van der Waals surface area contributed by atoms with Crippen molar-refractivity contribution in [2.45, 2.75) is 32.6 Å². The van der Waals surface area contributed by atoms with Gasteiger partial charge >= 0.3 is 5.97 Å². The number of likely N-dealkylation sites (tertiary alicyclic amines) is 1. The van der Waals surface area contributed by atoms with Gasteiger partial charge in [0.1, 0.15) is 0 Å². The van der Waals surface area contributed by atoms with Crippen molar-refractivity contribution in [2.75, 3.05) is 19.7 Å². The highest BCUT2D eigenvalue weighted by Gasteiger charge is 2.18. The minimum Gasteiger partial charge on any atom is -0.452 e. The highest BCUT2D eigenvalue weighted by molar-refractivity contribution is 5.94. The van der Waals surface area contributed by atoms with Crippen LogP contribution in [0.1, 0.15) is 41.7 Å². The Labute approximate surface area is 140 Å². The first-order valence-electron chi connectivity index (χ1n) is 8.30. The van der Waals surface area contributed by atoms with E-state index < -0.39 is 5.97 Å². The quantitative estimate of drug-likeness (QED) is 0.803. The van der Waals surface area contributed by atoms with Gasteiger partial charge in [-0.05, 0) is 25.8 Å². The average molecular weight is 330 g/mol. The Balaban J connectivity index is 1.64. The fraction of sp³-hybridized carbons (Fsp3) is 0.529. The third-order valence-electron chi connectivity index (χ3n) is 4.38. The summed E-state index contributed by atoms with van der Waals surface area (Å²) in [6.07, 6.45) is 5.79. The van der Waals surface area contributed by atoms with Crippen molar-refractivity contribution in [3.63, 3.8) is 0 Å². The molecule has 7 nitrogen and oxygen atoms in total. The van der Waals surface area contributed by atoms with E-state index in [0.717, 1.165) is 49.9 Å². The van der Waals surface area contributed by atoms with E-state index in [1.54, 1.807) is 22.7 Å². The smallest absolute Gasteiger partial charge is 0.340 e. The standard InChI is InChI=1S/C17H22N4O3/c1-12-14-9-13(10-18-16(14)20(2)19-12)17(23)24-11-15(22)21-7-5-3-4-6-8-21/h9-10H,3-8,11H2,1-2H3. The molecule has 3 rings (SSSR count). The number of carbonyl (C=O) groups is 2. The van der Waals surface area contributed by atoms with Crippen LogP contribution in [-0.2, 0) is 16.6 Å². The molecule has 0 aliphatic carbocycles. The molecule has 24 heavy (non-hydrogen) atoms. The van der Waals surface area contributed by atoms with Crippen LogP contribution in [0.15, 0.2) is 12.3 Å². The Morgan fingerprint density at radius 1 is 1.21 bits per heavy atom. The number of aromatic nitrogens is 3. The van der Waals surface area contributed by atoms with E-state index in [-0.39, 0.29) is 12.5 Å². The van der Waals surface area contributed by atoms with E-state index in [1.807, 2.05) is 6.92 Å². The number of fused-ring (bicyclic) bond motifs is 1. The van der Waals surface area contributed by atoms with Crippen molar-refractivity contribution in [2.24, 2.45) is 7.05 Å². The molecule has 0 unspecified atom stereocenters. The molecule has 0 atom stereocenters. The summed E-state index contributed by atoms with van der Waals surface area (Å²) in [5, 5.41) is 5.09. The van der Waals surface area contributed by atoms with E-state index in [2.05, 4.69) is 10.1 Å². The number of ether oxygens (including phenoxy) is 1. The SMILES string of the molecule is Cc1nn(C)c2ncc(C(=O)OCC(=O)N3CCCCCC3)cc12. The lowest BCUT2D eigenvalue weighted by Crippen LogP contribution is -2.35. The van der Waals surface area contributed by atoms with Gasteiger partial charge in [-0.15, -0.1) is 0 Å². The molecule has 0 aromatic carbocycles. The first-order chi connectivity index (χ1) is 11.6. The molecule has 1 saturated heterocycles. The molecule has 1 amide bonds. The number of esters is 1. The van der Waals surface area contributed by atoms with Gasteiger partial charge in [0.05, 0.1) is 11.3 Å². The van der Waals surface area contributed by atoms with E-state index in [0.29, 0.717) is 11.2 Å². The van der Waals surface area contributed by atoms with Gasteiger partial charge < -0.3 is 9.64 Å². The molecule has 0 spiro atoms. The van der Waals surface area contributed by atoms with Crippen LogP contribution in [0.2, 0.25) is 0 Å². The summed E-state index contributed by atoms with van der Waals surface area (Å²) in [6.45, 7) is 3.14. The maximum Gasteiger partial charge on any atom is 0.340 e. The number of pyridine rings is 1. The second-order valence-electron chi connectivity index (χ2n) is 6.18. The Morgan fingerprint density at radius 3 is 2.62 bits per heavy atom. The Kier molecular flexibility index (Phi) is 4.78. The van der Waals surface area contributed by atoms with Gasteiger partial charge in [-0.25, -0.2) is 9.78 Å². The first-order valence-corrected chi connectivity index (χ1v) is 8.30. The van der Waals surface area contributed by atoms with Gasteiger partial charge in [0, 0.05) is 31.7 Å². The molecular weight excluding hydrogens is 308 g/mol. The zero-order chi connectivity index (χ0) is 17.1. The molecule has 0 saturated carbocycles. The molecule has 0 radical (unpaired) electrons. The fourth-order valence-electron chi connectivity index (χ4n) is 3.04. The maximum atomic E-state index is 12.2. The lowest BCUT2D eigenvalue weighted by molar-refractivity contribution is -0.134. The third kappa shape index (κ3) is 3.39. The first kappa shape index (κ1) is 16.4. The van der Waals surface area contributed by atoms with Gasteiger partial charge in [0.25, 0.3) is 5.91 Å². The largest absolute Gasteiger partial charge is 0.452 e. The van der Waals surface area contributed by atoms with Gasteiger partial charge in [-0.2, -0.15) is 5.10 Å². The molecule has 7 heteroatoms. The highest BCUT2D eigenvalue weighted by atomic mass is 16.5. The molecule has 1 fully saturated rings. The molecular formula is C17H22N4O3. The van der Waals surface area contributed by atoms with Gasteiger partial charge in [0.15, 0.2) is 12.3 Å². The molecule has 1 aliphatic rings. The normalized spacial score (nSPS) is 15.3. The van der Waals surface area contributed by atoms with Crippen LogP contribution < -0.4 is 0 Å². The van der Waals surface area contributed by atoms with E-state index >= 15 is 0 Å². The molecule has 128 valence electrons. The van der Waals surface area contributed by atoms with Crippen molar-refractivity contribution >= 4 is 22.9 Å². The van der Waals surface area contributed by atoms with Crippen molar-refractivity contribution in [3.05, 3.63) is 23.5 Å². The molecule has 1 aliphatic heterocycles. The summed E-state index contributed by atoms with van der Waals surface area (Å²) >= 11 is 0. The lowest BCUT2D eigenvalue weighted by atomic mass is 10.2. The van der Waals surface area contributed by atoms with Crippen LogP contribution in [0.25, 0.3) is 11.0 Å². The van der Waals surface area contributed by atoms with Crippen molar-refractivity contribution < 1.29 is 14.3 Å². The molecule has 0 bridgehead atoms.